The largest absolute Gasteiger partial charge is 0.495 e. The van der Waals surface area contributed by atoms with E-state index in [-0.39, 0.29) is 11.9 Å². The molecule has 1 unspecified atom stereocenters. The quantitative estimate of drug-likeness (QED) is 0.909. The first-order valence-electron chi connectivity index (χ1n) is 8.65. The number of hydrogen-bond acceptors (Lipinski definition) is 4. The van der Waals surface area contributed by atoms with E-state index in [0.717, 1.165) is 30.1 Å². The molecule has 1 amide bonds. The van der Waals surface area contributed by atoms with Crippen LogP contribution in [-0.2, 0) is 4.79 Å². The highest BCUT2D eigenvalue weighted by Crippen LogP contribution is 2.28. The highest BCUT2D eigenvalue weighted by atomic mass is 16.5. The van der Waals surface area contributed by atoms with Gasteiger partial charge in [-0.2, -0.15) is 0 Å². The Hall–Kier alpha value is -2.53. The Balaban J connectivity index is 1.56. The molecule has 1 aliphatic heterocycles. The third-order valence-corrected chi connectivity index (χ3v) is 4.68. The van der Waals surface area contributed by atoms with Crippen molar-refractivity contribution in [2.45, 2.75) is 12.5 Å². The number of nitrogens with zero attached hydrogens (tertiary/aromatic N) is 2. The van der Waals surface area contributed by atoms with Crippen LogP contribution in [0.25, 0.3) is 0 Å². The molecule has 0 saturated carbocycles. The second-order valence-corrected chi connectivity index (χ2v) is 6.26. The summed E-state index contributed by atoms with van der Waals surface area (Å²) in [4.78, 5) is 16.7. The number of methoxy groups -OCH3 is 1. The predicted octanol–water partition coefficient (Wildman–Crippen LogP) is 2.43. The van der Waals surface area contributed by atoms with Gasteiger partial charge >= 0.3 is 0 Å². The molecule has 5 nitrogen and oxygen atoms in total. The lowest BCUT2D eigenvalue weighted by Crippen LogP contribution is -2.49. The molecule has 0 aromatic heterocycles. The summed E-state index contributed by atoms with van der Waals surface area (Å²) in [6.07, 6.45) is 0.346. The zero-order chi connectivity index (χ0) is 17.6. The fourth-order valence-electron chi connectivity index (χ4n) is 3.22. The summed E-state index contributed by atoms with van der Waals surface area (Å²) in [6.45, 7) is 3.01. The van der Waals surface area contributed by atoms with Gasteiger partial charge in [0.15, 0.2) is 0 Å². The van der Waals surface area contributed by atoms with Crippen LogP contribution in [0.5, 0.6) is 5.75 Å². The van der Waals surface area contributed by atoms with Crippen LogP contribution in [0, 0.1) is 0 Å². The molecule has 0 bridgehead atoms. The Kier molecular flexibility index (Phi) is 5.56. The summed E-state index contributed by atoms with van der Waals surface area (Å²) in [7, 11) is 1.68. The fraction of sp³-hybridized carbons (Fsp3) is 0.350. The van der Waals surface area contributed by atoms with Gasteiger partial charge in [0.1, 0.15) is 5.75 Å². The zero-order valence-corrected chi connectivity index (χ0v) is 14.6. The van der Waals surface area contributed by atoms with Crippen LogP contribution in [0.2, 0.25) is 0 Å². The molecule has 0 radical (unpaired) electrons. The Morgan fingerprint density at radius 2 is 1.68 bits per heavy atom. The molecule has 1 saturated heterocycles. The number of hydrogen-bond donors (Lipinski definition) is 1. The molecule has 5 heteroatoms. The molecule has 0 spiro atoms. The number of carbonyl (C=O) groups is 1. The molecular formula is C20H25N3O2. The second kappa shape index (κ2) is 8.03. The first-order valence-corrected chi connectivity index (χ1v) is 8.65. The first-order chi connectivity index (χ1) is 12.2. The number of benzene rings is 2. The SMILES string of the molecule is COc1ccccc1N1CCN(C(=O)CC(N)c2ccccc2)CC1. The van der Waals surface area contributed by atoms with Crippen molar-refractivity contribution in [3.63, 3.8) is 0 Å². The number of para-hydroxylation sites is 2. The molecule has 1 fully saturated rings. The Labute approximate surface area is 149 Å². The van der Waals surface area contributed by atoms with Crippen LogP contribution in [0.3, 0.4) is 0 Å². The van der Waals surface area contributed by atoms with Gasteiger partial charge in [0, 0.05) is 38.6 Å². The number of piperazine rings is 1. The van der Waals surface area contributed by atoms with E-state index >= 15 is 0 Å². The number of rotatable bonds is 5. The maximum atomic E-state index is 12.6. The Morgan fingerprint density at radius 3 is 2.36 bits per heavy atom. The van der Waals surface area contributed by atoms with Crippen molar-refractivity contribution in [1.29, 1.82) is 0 Å². The minimum atomic E-state index is -0.249. The molecule has 1 atom stereocenters. The maximum Gasteiger partial charge on any atom is 0.224 e. The molecule has 0 aliphatic carbocycles. The van der Waals surface area contributed by atoms with Crippen molar-refractivity contribution < 1.29 is 9.53 Å². The summed E-state index contributed by atoms with van der Waals surface area (Å²) in [5, 5.41) is 0. The standard InChI is InChI=1S/C20H25N3O2/c1-25-19-10-6-5-9-18(19)22-11-13-23(14-12-22)20(24)15-17(21)16-7-3-2-4-8-16/h2-10,17H,11-15,21H2,1H3. The Bertz CT molecular complexity index is 697. The topological polar surface area (TPSA) is 58.8 Å². The minimum absolute atomic E-state index is 0.121. The van der Waals surface area contributed by atoms with Gasteiger partial charge in [0.05, 0.1) is 12.8 Å². The number of anilines is 1. The van der Waals surface area contributed by atoms with Gasteiger partial charge in [-0.3, -0.25) is 4.79 Å². The number of ether oxygens (including phenoxy) is 1. The molecule has 25 heavy (non-hydrogen) atoms. The van der Waals surface area contributed by atoms with Crippen molar-refractivity contribution in [3.8, 4) is 5.75 Å². The van der Waals surface area contributed by atoms with E-state index in [9.17, 15) is 4.79 Å². The molecule has 3 rings (SSSR count). The van der Waals surface area contributed by atoms with E-state index in [4.69, 9.17) is 10.5 Å². The number of carbonyl (C=O) groups excluding carboxylic acids is 1. The van der Waals surface area contributed by atoms with Crippen molar-refractivity contribution in [1.82, 2.24) is 4.90 Å². The average Bonchev–Trinajstić information content (AvgIpc) is 2.68. The molecule has 2 N–H and O–H groups in total. The van der Waals surface area contributed by atoms with Crippen LogP contribution >= 0.6 is 0 Å². The number of amides is 1. The lowest BCUT2D eigenvalue weighted by atomic mass is 10.0. The smallest absolute Gasteiger partial charge is 0.224 e. The van der Waals surface area contributed by atoms with E-state index in [2.05, 4.69) is 11.0 Å². The molecule has 2 aromatic rings. The zero-order valence-electron chi connectivity index (χ0n) is 14.6. The highest BCUT2D eigenvalue weighted by molar-refractivity contribution is 5.77. The normalized spacial score (nSPS) is 15.8. The van der Waals surface area contributed by atoms with E-state index in [1.807, 2.05) is 53.4 Å². The van der Waals surface area contributed by atoms with Gasteiger partial charge in [-0.15, -0.1) is 0 Å². The van der Waals surface area contributed by atoms with Gasteiger partial charge in [0.25, 0.3) is 0 Å². The third kappa shape index (κ3) is 4.12. The van der Waals surface area contributed by atoms with Gasteiger partial charge in [-0.25, -0.2) is 0 Å². The van der Waals surface area contributed by atoms with E-state index < -0.39 is 0 Å². The highest BCUT2D eigenvalue weighted by Gasteiger charge is 2.24. The van der Waals surface area contributed by atoms with Crippen molar-refractivity contribution in [2.75, 3.05) is 38.2 Å². The fourth-order valence-corrected chi connectivity index (χ4v) is 3.22. The minimum Gasteiger partial charge on any atom is -0.495 e. The van der Waals surface area contributed by atoms with Crippen molar-refractivity contribution in [3.05, 3.63) is 60.2 Å². The third-order valence-electron chi connectivity index (χ3n) is 4.68. The van der Waals surface area contributed by atoms with Gasteiger partial charge < -0.3 is 20.3 Å². The van der Waals surface area contributed by atoms with Crippen LogP contribution in [0.1, 0.15) is 18.0 Å². The van der Waals surface area contributed by atoms with Crippen LogP contribution < -0.4 is 15.4 Å². The van der Waals surface area contributed by atoms with Crippen molar-refractivity contribution >= 4 is 11.6 Å². The molecule has 2 aromatic carbocycles. The molecule has 132 valence electrons. The predicted molar refractivity (Wildman–Crippen MR) is 99.8 cm³/mol. The summed E-state index contributed by atoms with van der Waals surface area (Å²) >= 11 is 0. The summed E-state index contributed by atoms with van der Waals surface area (Å²) < 4.78 is 5.44. The lowest BCUT2D eigenvalue weighted by molar-refractivity contribution is -0.131. The summed E-state index contributed by atoms with van der Waals surface area (Å²) in [5.41, 5.74) is 8.27. The number of nitrogens with two attached hydrogens (primary N) is 1. The Morgan fingerprint density at radius 1 is 1.04 bits per heavy atom. The molecule has 1 aliphatic rings. The molecule has 1 heterocycles. The van der Waals surface area contributed by atoms with E-state index in [0.29, 0.717) is 19.5 Å². The average molecular weight is 339 g/mol. The molecular weight excluding hydrogens is 314 g/mol. The van der Waals surface area contributed by atoms with Gasteiger partial charge in [-0.1, -0.05) is 42.5 Å². The maximum absolute atomic E-state index is 12.6. The first kappa shape index (κ1) is 17.3. The summed E-state index contributed by atoms with van der Waals surface area (Å²) in [5.74, 6) is 0.990. The van der Waals surface area contributed by atoms with Gasteiger partial charge in [0.2, 0.25) is 5.91 Å². The van der Waals surface area contributed by atoms with Crippen molar-refractivity contribution in [2.24, 2.45) is 5.73 Å². The van der Waals surface area contributed by atoms with Crippen LogP contribution in [0.4, 0.5) is 5.69 Å². The summed E-state index contributed by atoms with van der Waals surface area (Å²) in [6, 6.07) is 17.5. The van der Waals surface area contributed by atoms with Crippen LogP contribution in [-0.4, -0.2) is 44.1 Å². The lowest BCUT2D eigenvalue weighted by Gasteiger charge is -2.37. The van der Waals surface area contributed by atoms with Gasteiger partial charge in [-0.05, 0) is 17.7 Å². The van der Waals surface area contributed by atoms with E-state index in [1.54, 1.807) is 7.11 Å². The second-order valence-electron chi connectivity index (χ2n) is 6.26. The monoisotopic (exact) mass is 339 g/mol. The van der Waals surface area contributed by atoms with E-state index in [1.165, 1.54) is 0 Å². The van der Waals surface area contributed by atoms with Crippen LogP contribution in [0.15, 0.2) is 54.6 Å².